The molecule has 0 radical (unpaired) electrons. The van der Waals surface area contributed by atoms with Gasteiger partial charge in [0.15, 0.2) is 5.13 Å². The highest BCUT2D eigenvalue weighted by Gasteiger charge is 2.40. The van der Waals surface area contributed by atoms with Gasteiger partial charge in [0.1, 0.15) is 6.61 Å². The Labute approximate surface area is 184 Å². The number of esters is 1. The number of fused-ring (bicyclic) bond motifs is 2. The van der Waals surface area contributed by atoms with Crippen LogP contribution in [0.2, 0.25) is 10.0 Å². The Morgan fingerprint density at radius 3 is 2.72 bits per heavy atom. The standard InChI is InChI=1S/C21H22Cl2N2O3S/c1-12(26)25(17-4-5-18(22)19(23)9-17)21-24-16(11-29-21)10-28-20(27)8-15-7-13-2-3-14(15)6-13/h4-5,9,11,13-15H,2-3,6-8,10H2,1H3/t13-,14-,15-/m0/s1. The number of anilines is 2. The van der Waals surface area contributed by atoms with Crippen molar-refractivity contribution in [3.05, 3.63) is 39.3 Å². The second kappa shape index (κ2) is 8.62. The minimum atomic E-state index is -0.197. The zero-order chi connectivity index (χ0) is 20.5. The Morgan fingerprint density at radius 1 is 1.24 bits per heavy atom. The normalized spacial score (nSPS) is 22.7. The summed E-state index contributed by atoms with van der Waals surface area (Å²) < 4.78 is 5.46. The van der Waals surface area contributed by atoms with Crippen LogP contribution in [0.5, 0.6) is 0 Å². The molecular formula is C21H22Cl2N2O3S. The summed E-state index contributed by atoms with van der Waals surface area (Å²) in [6, 6.07) is 4.98. The largest absolute Gasteiger partial charge is 0.459 e. The van der Waals surface area contributed by atoms with Crippen LogP contribution in [0.15, 0.2) is 23.6 Å². The molecule has 2 aromatic rings. The third kappa shape index (κ3) is 4.60. The molecule has 1 heterocycles. The minimum Gasteiger partial charge on any atom is -0.459 e. The van der Waals surface area contributed by atoms with E-state index in [1.54, 1.807) is 23.6 Å². The zero-order valence-electron chi connectivity index (χ0n) is 16.1. The van der Waals surface area contributed by atoms with Crippen molar-refractivity contribution in [2.75, 3.05) is 4.90 Å². The summed E-state index contributed by atoms with van der Waals surface area (Å²) in [7, 11) is 0. The fraction of sp³-hybridized carbons (Fsp3) is 0.476. The molecule has 3 atom stereocenters. The van der Waals surface area contributed by atoms with E-state index in [2.05, 4.69) is 4.98 Å². The van der Waals surface area contributed by atoms with Gasteiger partial charge < -0.3 is 4.74 Å². The van der Waals surface area contributed by atoms with E-state index in [9.17, 15) is 9.59 Å². The third-order valence-corrected chi connectivity index (χ3v) is 7.52. The second-order valence-corrected chi connectivity index (χ2v) is 9.52. The lowest BCUT2D eigenvalue weighted by atomic mass is 9.86. The molecule has 1 amide bonds. The summed E-state index contributed by atoms with van der Waals surface area (Å²) in [5.74, 6) is 1.64. The molecule has 0 aliphatic heterocycles. The lowest BCUT2D eigenvalue weighted by Gasteiger charge is -2.20. The number of ether oxygens (including phenoxy) is 1. The molecule has 0 unspecified atom stereocenters. The minimum absolute atomic E-state index is 0.114. The van der Waals surface area contributed by atoms with E-state index in [4.69, 9.17) is 27.9 Å². The van der Waals surface area contributed by atoms with E-state index in [0.29, 0.717) is 44.8 Å². The first-order valence-electron chi connectivity index (χ1n) is 9.76. The Bertz CT molecular complexity index is 932. The molecule has 2 aliphatic carbocycles. The van der Waals surface area contributed by atoms with Crippen molar-refractivity contribution < 1.29 is 14.3 Å². The number of rotatable bonds is 6. The molecule has 2 aliphatic rings. The van der Waals surface area contributed by atoms with Gasteiger partial charge in [-0.15, -0.1) is 11.3 Å². The van der Waals surface area contributed by atoms with Crippen LogP contribution in [-0.2, 0) is 20.9 Å². The van der Waals surface area contributed by atoms with E-state index >= 15 is 0 Å². The van der Waals surface area contributed by atoms with Crippen LogP contribution in [0, 0.1) is 17.8 Å². The van der Waals surface area contributed by atoms with Gasteiger partial charge in [-0.3, -0.25) is 14.5 Å². The first-order valence-corrected chi connectivity index (χ1v) is 11.4. The average molecular weight is 453 g/mol. The van der Waals surface area contributed by atoms with Crippen LogP contribution < -0.4 is 4.90 Å². The summed E-state index contributed by atoms with van der Waals surface area (Å²) in [6.07, 6.45) is 5.53. The molecule has 1 aromatic heterocycles. The Kier molecular flexibility index (Phi) is 6.13. The molecular weight excluding hydrogens is 431 g/mol. The molecule has 1 aromatic carbocycles. The van der Waals surface area contributed by atoms with Crippen molar-refractivity contribution in [3.63, 3.8) is 0 Å². The second-order valence-electron chi connectivity index (χ2n) is 7.87. The number of carbonyl (C=O) groups is 2. The van der Waals surface area contributed by atoms with Gasteiger partial charge in [-0.05, 0) is 55.2 Å². The van der Waals surface area contributed by atoms with Gasteiger partial charge in [0.05, 0.1) is 21.4 Å². The summed E-state index contributed by atoms with van der Waals surface area (Å²) in [5, 5.41) is 3.08. The van der Waals surface area contributed by atoms with Gasteiger partial charge in [-0.1, -0.05) is 29.6 Å². The predicted molar refractivity (Wildman–Crippen MR) is 115 cm³/mol. The highest BCUT2D eigenvalue weighted by molar-refractivity contribution is 7.14. The van der Waals surface area contributed by atoms with Gasteiger partial charge in [0.2, 0.25) is 5.91 Å². The number of thiazole rings is 1. The van der Waals surface area contributed by atoms with Crippen molar-refractivity contribution >= 4 is 57.2 Å². The third-order valence-electron chi connectivity index (χ3n) is 5.90. The van der Waals surface area contributed by atoms with Crippen molar-refractivity contribution in [1.29, 1.82) is 0 Å². The molecule has 0 spiro atoms. The number of amides is 1. The van der Waals surface area contributed by atoms with E-state index in [1.807, 2.05) is 0 Å². The number of halogens is 2. The summed E-state index contributed by atoms with van der Waals surface area (Å²) in [4.78, 5) is 30.4. The number of hydrogen-bond donors (Lipinski definition) is 0. The Morgan fingerprint density at radius 2 is 2.07 bits per heavy atom. The van der Waals surface area contributed by atoms with Gasteiger partial charge >= 0.3 is 5.97 Å². The van der Waals surface area contributed by atoms with Gasteiger partial charge in [0, 0.05) is 18.7 Å². The fourth-order valence-electron chi connectivity index (χ4n) is 4.57. The average Bonchev–Trinajstić information content (AvgIpc) is 3.40. The fourth-order valence-corrected chi connectivity index (χ4v) is 5.73. The van der Waals surface area contributed by atoms with Crippen LogP contribution in [0.25, 0.3) is 0 Å². The number of benzene rings is 1. The van der Waals surface area contributed by atoms with Crippen LogP contribution >= 0.6 is 34.5 Å². The van der Waals surface area contributed by atoms with Crippen molar-refractivity contribution in [2.24, 2.45) is 17.8 Å². The topological polar surface area (TPSA) is 59.5 Å². The first-order chi connectivity index (χ1) is 13.9. The predicted octanol–water partition coefficient (Wildman–Crippen LogP) is 6.00. The summed E-state index contributed by atoms with van der Waals surface area (Å²) in [6.45, 7) is 1.57. The maximum atomic E-state index is 12.3. The molecule has 5 nitrogen and oxygen atoms in total. The van der Waals surface area contributed by atoms with E-state index < -0.39 is 0 Å². The lowest BCUT2D eigenvalue weighted by molar-refractivity contribution is -0.146. The smallest absolute Gasteiger partial charge is 0.306 e. The van der Waals surface area contributed by atoms with Gasteiger partial charge in [-0.25, -0.2) is 4.98 Å². The lowest BCUT2D eigenvalue weighted by Crippen LogP contribution is -2.22. The quantitative estimate of drug-likeness (QED) is 0.503. The Hall–Kier alpha value is -1.63. The first kappa shape index (κ1) is 20.6. The maximum absolute atomic E-state index is 12.3. The van der Waals surface area contributed by atoms with Crippen molar-refractivity contribution in [3.8, 4) is 0 Å². The molecule has 2 saturated carbocycles. The number of nitrogens with zero attached hydrogens (tertiary/aromatic N) is 2. The van der Waals surface area contributed by atoms with Gasteiger partial charge in [0.25, 0.3) is 0 Å². The zero-order valence-corrected chi connectivity index (χ0v) is 18.4. The monoisotopic (exact) mass is 452 g/mol. The molecule has 8 heteroatoms. The van der Waals surface area contributed by atoms with Gasteiger partial charge in [-0.2, -0.15) is 0 Å². The highest BCUT2D eigenvalue weighted by atomic mass is 35.5. The van der Waals surface area contributed by atoms with Crippen LogP contribution in [0.3, 0.4) is 0 Å². The van der Waals surface area contributed by atoms with E-state index in [1.165, 1.54) is 42.4 Å². The highest BCUT2D eigenvalue weighted by Crippen LogP contribution is 2.49. The molecule has 29 heavy (non-hydrogen) atoms. The molecule has 2 bridgehead atoms. The molecule has 0 saturated heterocycles. The number of hydrogen-bond acceptors (Lipinski definition) is 5. The van der Waals surface area contributed by atoms with Crippen molar-refractivity contribution in [1.82, 2.24) is 4.98 Å². The van der Waals surface area contributed by atoms with Crippen LogP contribution in [0.4, 0.5) is 10.8 Å². The SMILES string of the molecule is CC(=O)N(c1ccc(Cl)c(Cl)c1)c1nc(COC(=O)C[C@@H]2C[C@H]3CC[C@H]2C3)cs1. The number of aromatic nitrogens is 1. The van der Waals surface area contributed by atoms with Crippen molar-refractivity contribution in [2.45, 2.75) is 45.6 Å². The summed E-state index contributed by atoms with van der Waals surface area (Å²) in [5.41, 5.74) is 1.21. The molecule has 4 rings (SSSR count). The summed E-state index contributed by atoms with van der Waals surface area (Å²) >= 11 is 13.4. The van der Waals surface area contributed by atoms with E-state index in [-0.39, 0.29) is 18.5 Å². The maximum Gasteiger partial charge on any atom is 0.306 e. The molecule has 2 fully saturated rings. The molecule has 0 N–H and O–H groups in total. The molecule has 154 valence electrons. The van der Waals surface area contributed by atoms with E-state index in [0.717, 1.165) is 12.3 Å². The van der Waals surface area contributed by atoms with Crippen LogP contribution in [0.1, 0.15) is 44.7 Å². The number of carbonyl (C=O) groups excluding carboxylic acids is 2. The van der Waals surface area contributed by atoms with Crippen LogP contribution in [-0.4, -0.2) is 16.9 Å². The Balaban J connectivity index is 1.38.